The van der Waals surface area contributed by atoms with Crippen molar-refractivity contribution in [1.29, 1.82) is 0 Å². The molecule has 3 aromatic rings. The molecule has 51 heavy (non-hydrogen) atoms. The molecule has 0 spiro atoms. The molecule has 1 fully saturated rings. The lowest BCUT2D eigenvalue weighted by molar-refractivity contribution is -0.142. The quantitative estimate of drug-likeness (QED) is 0.267. The number of carbonyl (C=O) groups is 2. The number of halogens is 7. The minimum absolute atomic E-state index is 0.00776. The monoisotopic (exact) mass is 736 g/mol. The fourth-order valence-corrected chi connectivity index (χ4v) is 7.79. The van der Waals surface area contributed by atoms with E-state index in [9.17, 15) is 40.0 Å². The van der Waals surface area contributed by atoms with Crippen LogP contribution < -0.4 is 4.72 Å². The van der Waals surface area contributed by atoms with E-state index in [2.05, 4.69) is 19.8 Å². The van der Waals surface area contributed by atoms with Gasteiger partial charge in [0.1, 0.15) is 36.3 Å². The van der Waals surface area contributed by atoms with Gasteiger partial charge in [-0.05, 0) is 61.6 Å². The van der Waals surface area contributed by atoms with Crippen molar-refractivity contribution in [1.82, 2.24) is 19.7 Å². The Kier molecular flexibility index (Phi) is 8.03. The minimum atomic E-state index is -5.04. The molecule has 1 N–H and O–H groups in total. The van der Waals surface area contributed by atoms with E-state index in [0.717, 1.165) is 24.6 Å². The Hall–Kier alpha value is -4.87. The van der Waals surface area contributed by atoms with Gasteiger partial charge in [0.2, 0.25) is 10.0 Å². The third kappa shape index (κ3) is 6.33. The molecule has 0 bridgehead atoms. The summed E-state index contributed by atoms with van der Waals surface area (Å²) in [6, 6.07) is 4.05. The van der Waals surface area contributed by atoms with Gasteiger partial charge in [0.25, 0.3) is 11.8 Å². The van der Waals surface area contributed by atoms with E-state index in [4.69, 9.17) is 0 Å². The average Bonchev–Trinajstić information content (AvgIpc) is 3.49. The Morgan fingerprint density at radius 2 is 1.82 bits per heavy atom. The average molecular weight is 737 g/mol. The topological polar surface area (TPSA) is 127 Å². The number of carbonyl (C=O) groups excluding carboxylic acids is 2. The number of amidine groups is 1. The van der Waals surface area contributed by atoms with Crippen LogP contribution in [0.2, 0.25) is 0 Å². The maximum absolute atomic E-state index is 15.2. The molecule has 2 aliphatic carbocycles. The Balaban J connectivity index is 1.32. The van der Waals surface area contributed by atoms with Gasteiger partial charge >= 0.3 is 6.18 Å². The van der Waals surface area contributed by atoms with Crippen molar-refractivity contribution in [3.63, 3.8) is 0 Å². The molecule has 4 aliphatic rings. The molecule has 2 aromatic heterocycles. The van der Waals surface area contributed by atoms with Crippen LogP contribution in [0, 0.1) is 17.6 Å². The highest BCUT2D eigenvalue weighted by atomic mass is 32.2. The highest BCUT2D eigenvalue weighted by Crippen LogP contribution is 2.68. The number of nitrogens with one attached hydrogen (secondary N) is 1. The summed E-state index contributed by atoms with van der Waals surface area (Å²) in [5.74, 6) is -9.79. The molecule has 1 saturated carbocycles. The number of anilines is 1. The van der Waals surface area contributed by atoms with Crippen LogP contribution in [0.3, 0.4) is 0 Å². The van der Waals surface area contributed by atoms with E-state index in [0.29, 0.717) is 27.9 Å². The van der Waals surface area contributed by atoms with Crippen molar-refractivity contribution in [2.45, 2.75) is 56.7 Å². The van der Waals surface area contributed by atoms with Crippen molar-refractivity contribution in [3.05, 3.63) is 93.7 Å². The fourth-order valence-electron chi connectivity index (χ4n) is 7.25. The van der Waals surface area contributed by atoms with Gasteiger partial charge in [0.05, 0.1) is 23.8 Å². The second kappa shape index (κ2) is 11.8. The van der Waals surface area contributed by atoms with E-state index < -0.39 is 87.2 Å². The van der Waals surface area contributed by atoms with Gasteiger partial charge in [-0.3, -0.25) is 33.9 Å². The van der Waals surface area contributed by atoms with Gasteiger partial charge in [-0.25, -0.2) is 17.2 Å². The highest BCUT2D eigenvalue weighted by molar-refractivity contribution is 7.92. The van der Waals surface area contributed by atoms with Crippen LogP contribution in [-0.4, -0.2) is 58.4 Å². The molecular formula is C33H27F7N6O4S. The van der Waals surface area contributed by atoms with Gasteiger partial charge in [-0.15, -0.1) is 0 Å². The maximum Gasteiger partial charge on any atom is 0.435 e. The van der Waals surface area contributed by atoms with Crippen LogP contribution in [0.15, 0.2) is 53.3 Å². The summed E-state index contributed by atoms with van der Waals surface area (Å²) in [4.78, 5) is 36.4. The summed E-state index contributed by atoms with van der Waals surface area (Å²) in [7, 11) is -3.83. The molecule has 3 atom stereocenters. The number of allylic oxidation sites excluding steroid dienone is 3. The van der Waals surface area contributed by atoms with Gasteiger partial charge in [-0.2, -0.15) is 27.1 Å². The summed E-state index contributed by atoms with van der Waals surface area (Å²) in [6.45, 7) is 0.511. The SMILES string of the molecule is CC1=C(c2cc(NS(C)(=O)=O)cnc2[C@@H](CC(=O)Cn2nc(C(F)(F)F)c3c2C(F)(F)[C@@H]2C[C@H]32)Cc2cc(F)cc(F)c2)C=CC2=NCC(=O)N21. The van der Waals surface area contributed by atoms with Crippen LogP contribution in [0.5, 0.6) is 0 Å². The number of pyridine rings is 1. The lowest BCUT2D eigenvalue weighted by atomic mass is 9.85. The van der Waals surface area contributed by atoms with Crippen molar-refractivity contribution < 1.29 is 48.7 Å². The Bertz CT molecular complexity index is 2210. The van der Waals surface area contributed by atoms with Crippen molar-refractivity contribution >= 4 is 38.8 Å². The van der Waals surface area contributed by atoms with Crippen LogP contribution >= 0.6 is 0 Å². The third-order valence-electron chi connectivity index (χ3n) is 9.28. The molecule has 7 rings (SSSR count). The van der Waals surface area contributed by atoms with Gasteiger partial charge in [0, 0.05) is 46.7 Å². The molecule has 1 amide bonds. The molecule has 18 heteroatoms. The zero-order chi connectivity index (χ0) is 36.8. The molecule has 0 radical (unpaired) electrons. The second-order valence-electron chi connectivity index (χ2n) is 13.0. The standard InChI is InChI=1S/C33H27F7N6O4S/c1-15-22(3-4-26-41-13-27(48)46(15)26)23-10-20(44-51(2,49)50)12-42-29(23)17(5-16-6-18(34)9-19(35)7-16)8-21(47)14-45-31-28(30(43-45)33(38,39)40)24-11-25(24)32(31,36)37/h3-4,6-7,9-10,12,17,24-25,44H,5,8,11,13-14H2,1-2H3/t17-,24+,25-/m1/s1. The molecule has 0 unspecified atom stereocenters. The zero-order valence-electron chi connectivity index (χ0n) is 26.7. The predicted octanol–water partition coefficient (Wildman–Crippen LogP) is 5.68. The Morgan fingerprint density at radius 3 is 2.49 bits per heavy atom. The normalized spacial score (nSPS) is 21.0. The third-order valence-corrected chi connectivity index (χ3v) is 9.89. The van der Waals surface area contributed by atoms with Gasteiger partial charge in [-0.1, -0.05) is 0 Å². The minimum Gasteiger partial charge on any atom is -0.298 e. The number of amides is 1. The predicted molar refractivity (Wildman–Crippen MR) is 168 cm³/mol. The number of Topliss-reactive ketones (excluding diaryl/α,β-unsaturated/α-hetero) is 1. The van der Waals surface area contributed by atoms with E-state index in [-0.39, 0.29) is 47.8 Å². The summed E-state index contributed by atoms with van der Waals surface area (Å²) >= 11 is 0. The first kappa shape index (κ1) is 34.6. The number of ketones is 1. The van der Waals surface area contributed by atoms with Crippen molar-refractivity contribution in [2.75, 3.05) is 17.5 Å². The Morgan fingerprint density at radius 1 is 1.12 bits per heavy atom. The first-order valence-corrected chi connectivity index (χ1v) is 17.5. The lowest BCUT2D eigenvalue weighted by Gasteiger charge is -2.27. The molecule has 4 heterocycles. The maximum atomic E-state index is 15.2. The van der Waals surface area contributed by atoms with Crippen LogP contribution in [0.4, 0.5) is 36.4 Å². The van der Waals surface area contributed by atoms with Gasteiger partial charge < -0.3 is 0 Å². The lowest BCUT2D eigenvalue weighted by Crippen LogP contribution is -2.32. The van der Waals surface area contributed by atoms with Crippen LogP contribution in [0.25, 0.3) is 5.57 Å². The van der Waals surface area contributed by atoms with E-state index in [1.807, 2.05) is 0 Å². The molecule has 2 aliphatic heterocycles. The van der Waals surface area contributed by atoms with Crippen molar-refractivity contribution in [2.24, 2.45) is 10.9 Å². The number of sulfonamides is 1. The summed E-state index contributed by atoms with van der Waals surface area (Å²) < 4.78 is 128. The van der Waals surface area contributed by atoms with E-state index in [1.165, 1.54) is 17.0 Å². The van der Waals surface area contributed by atoms with E-state index in [1.54, 1.807) is 13.0 Å². The number of alkyl halides is 5. The summed E-state index contributed by atoms with van der Waals surface area (Å²) in [6.07, 6.45) is -0.842. The molecule has 268 valence electrons. The van der Waals surface area contributed by atoms with Crippen molar-refractivity contribution in [3.8, 4) is 0 Å². The number of aliphatic imine (C=N–C) groups is 1. The number of nitrogens with zero attached hydrogens (tertiary/aromatic N) is 5. The molecular weight excluding hydrogens is 709 g/mol. The number of aromatic nitrogens is 3. The molecule has 10 nitrogen and oxygen atoms in total. The fraction of sp³-hybridized carbons (Fsp3) is 0.364. The smallest absolute Gasteiger partial charge is 0.298 e. The number of hydrogen-bond donors (Lipinski definition) is 1. The number of benzene rings is 1. The number of hydrogen-bond acceptors (Lipinski definition) is 7. The molecule has 1 aromatic carbocycles. The number of rotatable bonds is 10. The summed E-state index contributed by atoms with van der Waals surface area (Å²) in [5.41, 5.74) is -1.96. The summed E-state index contributed by atoms with van der Waals surface area (Å²) in [5, 5.41) is 3.43. The van der Waals surface area contributed by atoms with Crippen LogP contribution in [-0.2, 0) is 44.7 Å². The van der Waals surface area contributed by atoms with Crippen LogP contribution in [0.1, 0.15) is 65.4 Å². The largest absolute Gasteiger partial charge is 0.435 e. The highest BCUT2D eigenvalue weighted by Gasteiger charge is 2.68. The first-order valence-electron chi connectivity index (χ1n) is 15.6. The van der Waals surface area contributed by atoms with E-state index >= 15 is 8.78 Å². The zero-order valence-corrected chi connectivity index (χ0v) is 27.5. The first-order chi connectivity index (χ1) is 23.8. The Labute approximate surface area is 285 Å². The van der Waals surface area contributed by atoms with Gasteiger partial charge in [0.15, 0.2) is 11.5 Å². The second-order valence-corrected chi connectivity index (χ2v) is 14.8. The molecule has 0 saturated heterocycles. The number of fused-ring (bicyclic) bond motifs is 4.